The van der Waals surface area contributed by atoms with E-state index in [1.54, 1.807) is 4.90 Å². The van der Waals surface area contributed by atoms with Crippen molar-refractivity contribution < 1.29 is 19.4 Å². The standard InChI is InChI=1S/C34H41N3O4S2/c1-3-21-41-28-18-19-29(25(2)22-28)32-26(24-37(35-32)27-15-11-10-12-16-27)23-30-33(40)36(34(42)43-30)20-14-9-7-5-4-6-8-13-17-31(38)39/h10-12,15-16,18-19,22-24H,3-9,13-14,17,20-21H2,1-2H3,(H,38,39)/b30-23-. The average molecular weight is 620 g/mol. The Morgan fingerprint density at radius 2 is 1.72 bits per heavy atom. The molecule has 43 heavy (non-hydrogen) atoms. The highest BCUT2D eigenvalue weighted by Crippen LogP contribution is 2.36. The van der Waals surface area contributed by atoms with Gasteiger partial charge in [0.05, 0.1) is 17.2 Å². The van der Waals surface area contributed by atoms with Gasteiger partial charge in [0, 0.05) is 30.3 Å². The number of rotatable bonds is 17. The number of hydrogen-bond donors (Lipinski definition) is 1. The Labute approximate surface area is 264 Å². The molecule has 9 heteroatoms. The lowest BCUT2D eigenvalue weighted by Gasteiger charge is -2.14. The predicted octanol–water partition coefficient (Wildman–Crippen LogP) is 8.43. The number of para-hydroxylation sites is 1. The summed E-state index contributed by atoms with van der Waals surface area (Å²) in [5, 5.41) is 13.7. The van der Waals surface area contributed by atoms with Gasteiger partial charge in [0.2, 0.25) is 0 Å². The first-order valence-electron chi connectivity index (χ1n) is 15.2. The monoisotopic (exact) mass is 619 g/mol. The fraction of sp³-hybridized carbons (Fsp3) is 0.412. The van der Waals surface area contributed by atoms with Crippen LogP contribution in [0.1, 0.15) is 82.3 Å². The summed E-state index contributed by atoms with van der Waals surface area (Å²) in [6, 6.07) is 16.0. The van der Waals surface area contributed by atoms with Crippen molar-refractivity contribution in [2.24, 2.45) is 0 Å². The Kier molecular flexibility index (Phi) is 12.4. The quantitative estimate of drug-likeness (QED) is 0.0922. The SMILES string of the molecule is CCCOc1ccc(-c2nn(-c3ccccc3)cc2/C=C2\SC(=S)N(CCCCCCCCCCC(=O)O)C2=O)c(C)c1. The number of ether oxygens (including phenoxy) is 1. The molecule has 3 aromatic rings. The van der Waals surface area contributed by atoms with Gasteiger partial charge < -0.3 is 9.84 Å². The molecular formula is C34H41N3O4S2. The molecule has 0 atom stereocenters. The molecule has 7 nitrogen and oxygen atoms in total. The third-order valence-corrected chi connectivity index (χ3v) is 8.75. The lowest BCUT2D eigenvalue weighted by atomic mass is 10.0. The maximum Gasteiger partial charge on any atom is 0.303 e. The van der Waals surface area contributed by atoms with Gasteiger partial charge in [0.1, 0.15) is 15.8 Å². The number of carboxylic acid groups (broad SMARTS) is 1. The van der Waals surface area contributed by atoms with Crippen molar-refractivity contribution in [3.63, 3.8) is 0 Å². The molecule has 0 spiro atoms. The van der Waals surface area contributed by atoms with Gasteiger partial charge in [0.15, 0.2) is 0 Å². The highest BCUT2D eigenvalue weighted by molar-refractivity contribution is 8.26. The maximum absolute atomic E-state index is 13.4. The zero-order valence-electron chi connectivity index (χ0n) is 25.1. The summed E-state index contributed by atoms with van der Waals surface area (Å²) in [5.74, 6) is 0.0713. The van der Waals surface area contributed by atoms with Crippen LogP contribution in [0.25, 0.3) is 23.0 Å². The number of hydrogen-bond acceptors (Lipinski definition) is 6. The fourth-order valence-corrected chi connectivity index (χ4v) is 6.37. The van der Waals surface area contributed by atoms with E-state index in [4.69, 9.17) is 27.2 Å². The number of carbonyl (C=O) groups is 2. The van der Waals surface area contributed by atoms with E-state index in [1.165, 1.54) is 11.8 Å². The number of unbranched alkanes of at least 4 members (excludes halogenated alkanes) is 7. The van der Waals surface area contributed by atoms with Crippen LogP contribution < -0.4 is 4.74 Å². The van der Waals surface area contributed by atoms with Crippen LogP contribution in [0.5, 0.6) is 5.75 Å². The second-order valence-electron chi connectivity index (χ2n) is 10.8. The third kappa shape index (κ3) is 9.28. The van der Waals surface area contributed by atoms with E-state index in [2.05, 4.69) is 13.8 Å². The summed E-state index contributed by atoms with van der Waals surface area (Å²) in [6.07, 6.45) is 13.2. The van der Waals surface area contributed by atoms with Gasteiger partial charge in [-0.3, -0.25) is 14.5 Å². The number of aromatic nitrogens is 2. The molecule has 0 unspecified atom stereocenters. The highest BCUT2D eigenvalue weighted by atomic mass is 32.2. The molecule has 0 radical (unpaired) electrons. The van der Waals surface area contributed by atoms with Crippen molar-refractivity contribution >= 4 is 46.3 Å². The van der Waals surface area contributed by atoms with Crippen LogP contribution in [-0.2, 0) is 9.59 Å². The van der Waals surface area contributed by atoms with Gasteiger partial charge in [-0.15, -0.1) is 0 Å². The molecule has 1 saturated heterocycles. The molecule has 0 saturated carbocycles. The van der Waals surface area contributed by atoms with Gasteiger partial charge in [-0.05, 0) is 68.2 Å². The van der Waals surface area contributed by atoms with E-state index < -0.39 is 5.97 Å². The number of aliphatic carboxylic acids is 1. The molecule has 0 bridgehead atoms. The molecule has 0 aliphatic carbocycles. The molecule has 1 fully saturated rings. The minimum absolute atomic E-state index is 0.0492. The number of benzene rings is 2. The summed E-state index contributed by atoms with van der Waals surface area (Å²) < 4.78 is 8.29. The zero-order chi connectivity index (χ0) is 30.6. The summed E-state index contributed by atoms with van der Waals surface area (Å²) in [7, 11) is 0. The maximum atomic E-state index is 13.4. The Morgan fingerprint density at radius 3 is 2.40 bits per heavy atom. The van der Waals surface area contributed by atoms with Crippen LogP contribution in [0.15, 0.2) is 59.6 Å². The Balaban J connectivity index is 1.43. The number of amides is 1. The van der Waals surface area contributed by atoms with Gasteiger partial charge in [-0.1, -0.05) is 87.6 Å². The van der Waals surface area contributed by atoms with Crippen LogP contribution in [0.3, 0.4) is 0 Å². The van der Waals surface area contributed by atoms with E-state index in [1.807, 2.05) is 65.5 Å². The number of carboxylic acids is 1. The normalized spacial score (nSPS) is 14.2. The molecular weight excluding hydrogens is 579 g/mol. The van der Waals surface area contributed by atoms with Crippen molar-refractivity contribution in [3.8, 4) is 22.7 Å². The van der Waals surface area contributed by atoms with E-state index >= 15 is 0 Å². The number of aryl methyl sites for hydroxylation is 1. The predicted molar refractivity (Wildman–Crippen MR) is 179 cm³/mol. The van der Waals surface area contributed by atoms with Gasteiger partial charge in [0.25, 0.3) is 5.91 Å². The molecule has 228 valence electrons. The summed E-state index contributed by atoms with van der Waals surface area (Å²) in [6.45, 7) is 5.43. The van der Waals surface area contributed by atoms with Crippen molar-refractivity contribution in [1.82, 2.24) is 14.7 Å². The van der Waals surface area contributed by atoms with Crippen molar-refractivity contribution in [1.29, 1.82) is 0 Å². The van der Waals surface area contributed by atoms with Crippen LogP contribution >= 0.6 is 24.0 Å². The Bertz CT molecular complexity index is 1430. The lowest BCUT2D eigenvalue weighted by Crippen LogP contribution is -2.29. The molecule has 1 aliphatic heterocycles. The average Bonchev–Trinajstić information content (AvgIpc) is 3.53. The Morgan fingerprint density at radius 1 is 1.02 bits per heavy atom. The number of nitrogens with zero attached hydrogens (tertiary/aromatic N) is 3. The summed E-state index contributed by atoms with van der Waals surface area (Å²) >= 11 is 6.97. The van der Waals surface area contributed by atoms with Gasteiger partial charge in [-0.25, -0.2) is 4.68 Å². The van der Waals surface area contributed by atoms with Crippen LogP contribution in [0.4, 0.5) is 0 Å². The molecule has 1 amide bonds. The van der Waals surface area contributed by atoms with Crippen LogP contribution in [0, 0.1) is 6.92 Å². The van der Waals surface area contributed by atoms with Gasteiger partial charge in [-0.2, -0.15) is 5.10 Å². The second-order valence-corrected chi connectivity index (χ2v) is 12.5. The number of carbonyl (C=O) groups excluding carboxylic acids is 1. The summed E-state index contributed by atoms with van der Waals surface area (Å²) in [4.78, 5) is 26.4. The van der Waals surface area contributed by atoms with Crippen molar-refractivity contribution in [2.45, 2.75) is 78.1 Å². The Hall–Kier alpha value is -3.43. The van der Waals surface area contributed by atoms with Crippen molar-refractivity contribution in [3.05, 3.63) is 70.8 Å². The number of thioether (sulfide) groups is 1. The largest absolute Gasteiger partial charge is 0.494 e. The van der Waals surface area contributed by atoms with E-state index in [9.17, 15) is 9.59 Å². The van der Waals surface area contributed by atoms with Gasteiger partial charge >= 0.3 is 5.97 Å². The minimum Gasteiger partial charge on any atom is -0.494 e. The first-order chi connectivity index (χ1) is 20.9. The molecule has 2 heterocycles. The minimum atomic E-state index is -0.716. The molecule has 1 aromatic heterocycles. The van der Waals surface area contributed by atoms with E-state index in [0.29, 0.717) is 22.4 Å². The molecule has 1 aliphatic rings. The third-order valence-electron chi connectivity index (χ3n) is 7.37. The topological polar surface area (TPSA) is 84.7 Å². The van der Waals surface area contributed by atoms with Crippen LogP contribution in [0.2, 0.25) is 0 Å². The molecule has 4 rings (SSSR count). The smallest absolute Gasteiger partial charge is 0.303 e. The summed E-state index contributed by atoms with van der Waals surface area (Å²) in [5.41, 5.74) is 4.64. The highest BCUT2D eigenvalue weighted by Gasteiger charge is 2.32. The zero-order valence-corrected chi connectivity index (χ0v) is 26.7. The first-order valence-corrected chi connectivity index (χ1v) is 16.5. The first kappa shape index (κ1) is 32.5. The fourth-order valence-electron chi connectivity index (χ4n) is 5.07. The van der Waals surface area contributed by atoms with E-state index in [-0.39, 0.29) is 12.3 Å². The van der Waals surface area contributed by atoms with Crippen LogP contribution in [-0.4, -0.2) is 49.1 Å². The molecule has 1 N–H and O–H groups in total. The molecule has 2 aromatic carbocycles. The van der Waals surface area contributed by atoms with Crippen molar-refractivity contribution in [2.75, 3.05) is 13.2 Å². The van der Waals surface area contributed by atoms with E-state index in [0.717, 1.165) is 91.6 Å². The second kappa shape index (κ2) is 16.4. The lowest BCUT2D eigenvalue weighted by molar-refractivity contribution is -0.137. The number of thiocarbonyl (C=S) groups is 1.